The van der Waals surface area contributed by atoms with Gasteiger partial charge in [-0.3, -0.25) is 9.59 Å². The highest BCUT2D eigenvalue weighted by atomic mass is 16.7. The van der Waals surface area contributed by atoms with Gasteiger partial charge in [0.15, 0.2) is 0 Å². The maximum absolute atomic E-state index is 14.3. The molecule has 0 unspecified atom stereocenters. The Morgan fingerprint density at radius 1 is 0.722 bits per heavy atom. The van der Waals surface area contributed by atoms with Gasteiger partial charge in [-0.1, -0.05) is 80.9 Å². The molecule has 0 aliphatic heterocycles. The summed E-state index contributed by atoms with van der Waals surface area (Å²) in [6.45, 7) is 7.53. The van der Waals surface area contributed by atoms with Crippen molar-refractivity contribution in [1.29, 1.82) is 0 Å². The average molecular weight is 733 g/mol. The number of carbonyl (C=O) groups excluding carboxylic acids is 4. The van der Waals surface area contributed by atoms with Gasteiger partial charge in [0.1, 0.15) is 11.4 Å². The van der Waals surface area contributed by atoms with E-state index in [2.05, 4.69) is 58.5 Å². The van der Waals surface area contributed by atoms with Crippen molar-refractivity contribution in [3.8, 4) is 5.69 Å². The number of hydrogen-bond acceptors (Lipinski definition) is 9. The summed E-state index contributed by atoms with van der Waals surface area (Å²) in [5.41, 5.74) is 4.64. The van der Waals surface area contributed by atoms with E-state index >= 15 is 0 Å². The zero-order valence-electron chi connectivity index (χ0n) is 32.0. The predicted octanol–water partition coefficient (Wildman–Crippen LogP) is 10.3. The third-order valence-corrected chi connectivity index (χ3v) is 9.86. The molecule has 1 aliphatic carbocycles. The van der Waals surface area contributed by atoms with Gasteiger partial charge in [0.25, 0.3) is 0 Å². The van der Waals surface area contributed by atoms with E-state index in [9.17, 15) is 19.2 Å². The van der Waals surface area contributed by atoms with Gasteiger partial charge in [-0.05, 0) is 99.0 Å². The van der Waals surface area contributed by atoms with Crippen molar-refractivity contribution in [1.82, 2.24) is 4.57 Å². The number of para-hydroxylation sites is 1. The van der Waals surface area contributed by atoms with E-state index in [1.54, 1.807) is 18.3 Å². The van der Waals surface area contributed by atoms with Crippen LogP contribution in [0.25, 0.3) is 16.6 Å². The van der Waals surface area contributed by atoms with E-state index < -0.39 is 17.7 Å². The number of rotatable bonds is 19. The lowest BCUT2D eigenvalue weighted by Crippen LogP contribution is -2.23. The Labute approximate surface area is 318 Å². The zero-order valence-corrected chi connectivity index (χ0v) is 32.0. The van der Waals surface area contributed by atoms with Crippen LogP contribution in [0.5, 0.6) is 0 Å². The smallest absolute Gasteiger partial charge is 0.331 e. The van der Waals surface area contributed by atoms with Crippen LogP contribution < -0.4 is 4.90 Å². The molecule has 0 bridgehead atoms. The lowest BCUT2D eigenvalue weighted by molar-refractivity contribution is -0.141. The molecule has 10 nitrogen and oxygen atoms in total. The molecule has 1 saturated carbocycles. The molecule has 54 heavy (non-hydrogen) atoms. The third-order valence-electron chi connectivity index (χ3n) is 9.86. The van der Waals surface area contributed by atoms with E-state index in [0.29, 0.717) is 53.6 Å². The average Bonchev–Trinajstić information content (AvgIpc) is 3.84. The van der Waals surface area contributed by atoms with Crippen LogP contribution in [0.2, 0.25) is 0 Å². The molecule has 0 saturated heterocycles. The minimum Gasteiger partial charge on any atom is -0.341 e. The van der Waals surface area contributed by atoms with Gasteiger partial charge >= 0.3 is 11.9 Å². The Kier molecular flexibility index (Phi) is 14.5. The summed E-state index contributed by atoms with van der Waals surface area (Å²) >= 11 is 0. The summed E-state index contributed by atoms with van der Waals surface area (Å²) in [5, 5.41) is 8.45. The van der Waals surface area contributed by atoms with Crippen LogP contribution in [-0.2, 0) is 19.3 Å². The minimum atomic E-state index is -0.622. The first-order valence-corrected chi connectivity index (χ1v) is 19.4. The van der Waals surface area contributed by atoms with Crippen LogP contribution in [0, 0.1) is 5.92 Å². The van der Waals surface area contributed by atoms with Crippen molar-refractivity contribution < 1.29 is 28.9 Å². The van der Waals surface area contributed by atoms with Crippen LogP contribution in [-0.4, -0.2) is 46.0 Å². The molecule has 10 heteroatoms. The number of aromatic nitrogens is 1. The van der Waals surface area contributed by atoms with Crippen molar-refractivity contribution in [3.05, 3.63) is 90.1 Å². The van der Waals surface area contributed by atoms with Crippen molar-refractivity contribution in [2.75, 3.05) is 11.4 Å². The second kappa shape index (κ2) is 19.6. The fourth-order valence-corrected chi connectivity index (χ4v) is 7.00. The summed E-state index contributed by atoms with van der Waals surface area (Å²) in [6, 6.07) is 23.9. The third kappa shape index (κ3) is 10.4. The highest BCUT2D eigenvalue weighted by Gasteiger charge is 2.25. The molecular weight excluding hydrogens is 681 g/mol. The van der Waals surface area contributed by atoms with Crippen LogP contribution >= 0.6 is 0 Å². The summed E-state index contributed by atoms with van der Waals surface area (Å²) in [6.07, 6.45) is 12.6. The molecule has 1 aromatic heterocycles. The van der Waals surface area contributed by atoms with Gasteiger partial charge in [-0.15, -0.1) is 0 Å². The number of oxime groups is 2. The summed E-state index contributed by atoms with van der Waals surface area (Å²) in [4.78, 5) is 63.8. The van der Waals surface area contributed by atoms with Gasteiger partial charge in [0.2, 0.25) is 11.6 Å². The van der Waals surface area contributed by atoms with Crippen molar-refractivity contribution >= 4 is 57.2 Å². The molecule has 284 valence electrons. The Bertz CT molecular complexity index is 1970. The number of anilines is 2. The van der Waals surface area contributed by atoms with Crippen LogP contribution in [0.1, 0.15) is 125 Å². The van der Waals surface area contributed by atoms with Gasteiger partial charge in [-0.25, -0.2) is 9.59 Å². The van der Waals surface area contributed by atoms with Crippen LogP contribution in [0.4, 0.5) is 11.4 Å². The molecule has 1 fully saturated rings. The van der Waals surface area contributed by atoms with Gasteiger partial charge in [-0.2, -0.15) is 0 Å². The monoisotopic (exact) mass is 732 g/mol. The Balaban J connectivity index is 1.58. The largest absolute Gasteiger partial charge is 0.341 e. The maximum atomic E-state index is 14.3. The van der Waals surface area contributed by atoms with Crippen LogP contribution in [0.3, 0.4) is 0 Å². The minimum absolute atomic E-state index is 0.122. The molecule has 5 rings (SSSR count). The van der Waals surface area contributed by atoms with Crippen molar-refractivity contribution in [2.24, 2.45) is 16.2 Å². The number of fused-ring (bicyclic) bond motifs is 1. The van der Waals surface area contributed by atoms with E-state index in [-0.39, 0.29) is 17.2 Å². The fraction of sp³-hybridized carbons (Fsp3) is 0.409. The molecule has 0 radical (unpaired) electrons. The Hall–Kier alpha value is -5.38. The molecule has 3 aromatic carbocycles. The summed E-state index contributed by atoms with van der Waals surface area (Å²) in [5.74, 6) is -1.38. The standard InChI is InChI=1S/C44H52N4O6/c1-5-7-9-13-21-40(45-53-31(3)49)43(51)34-22-27-42-38(28-34)39(44(52)41(20-8-6-2)46-54-32(4)50)30-48(42)37-25-23-36(24-26-37)47(29-33-16-14-15-17-33)35-18-11-10-12-19-35/h10-12,18-19,22-28,30,33H,5-9,13-17,20-21,29H2,1-4H3/b45-40+,46-41+. The second-order valence-electron chi connectivity index (χ2n) is 14.1. The van der Waals surface area contributed by atoms with E-state index in [0.717, 1.165) is 49.3 Å². The highest BCUT2D eigenvalue weighted by molar-refractivity contribution is 6.48. The van der Waals surface area contributed by atoms with Gasteiger partial charge in [0.05, 0.1) is 5.52 Å². The number of unbranched alkanes of at least 4 members (excludes halogenated alkanes) is 4. The predicted molar refractivity (Wildman–Crippen MR) is 214 cm³/mol. The van der Waals surface area contributed by atoms with Crippen LogP contribution in [0.15, 0.2) is 89.3 Å². The maximum Gasteiger partial charge on any atom is 0.331 e. The molecule has 0 spiro atoms. The molecule has 0 atom stereocenters. The van der Waals surface area contributed by atoms with Crippen molar-refractivity contribution in [3.63, 3.8) is 0 Å². The second-order valence-corrected chi connectivity index (χ2v) is 14.1. The first-order chi connectivity index (χ1) is 26.2. The summed E-state index contributed by atoms with van der Waals surface area (Å²) in [7, 11) is 0. The van der Waals surface area contributed by atoms with Gasteiger partial charge in [0, 0.05) is 60.2 Å². The Morgan fingerprint density at radius 2 is 1.33 bits per heavy atom. The number of carbonyl (C=O) groups is 4. The number of ketones is 2. The topological polar surface area (TPSA) is 120 Å². The molecule has 1 heterocycles. The molecule has 0 N–H and O–H groups in total. The van der Waals surface area contributed by atoms with E-state index in [1.165, 1.54) is 39.5 Å². The Morgan fingerprint density at radius 3 is 1.96 bits per heavy atom. The number of benzene rings is 3. The molecule has 1 aliphatic rings. The van der Waals surface area contributed by atoms with Gasteiger partial charge < -0.3 is 19.1 Å². The van der Waals surface area contributed by atoms with E-state index in [4.69, 9.17) is 9.68 Å². The molecule has 0 amide bonds. The SMILES string of the molecule is CCCCCC/C(=N\OC(C)=O)C(=O)c1ccc2c(c1)c(C(=O)/C(CCCC)=N/OC(C)=O)cn2-c1ccc(N(CC2CCCC2)c2ccccc2)cc1. The lowest BCUT2D eigenvalue weighted by atomic mass is 9.97. The number of nitrogens with zero attached hydrogens (tertiary/aromatic N) is 4. The normalized spacial score (nSPS) is 13.6. The summed E-state index contributed by atoms with van der Waals surface area (Å²) < 4.78 is 1.94. The first kappa shape index (κ1) is 39.8. The zero-order chi connectivity index (χ0) is 38.5. The fourth-order valence-electron chi connectivity index (χ4n) is 7.00. The highest BCUT2D eigenvalue weighted by Crippen LogP contribution is 2.34. The molecule has 4 aromatic rings. The first-order valence-electron chi connectivity index (χ1n) is 19.4. The quantitative estimate of drug-likeness (QED) is 0.0309. The number of Topliss-reactive ketones (excluding diaryl/α,β-unsaturated/α-hetero) is 2. The van der Waals surface area contributed by atoms with E-state index in [1.807, 2.05) is 35.8 Å². The molecular formula is C44H52N4O6. The number of hydrogen-bond donors (Lipinski definition) is 0. The van der Waals surface area contributed by atoms with Crippen molar-refractivity contribution in [2.45, 2.75) is 105 Å². The lowest BCUT2D eigenvalue weighted by Gasteiger charge is -2.28.